The molecule has 2 fully saturated rings. The molecule has 39 heavy (non-hydrogen) atoms. The lowest BCUT2D eigenvalue weighted by Crippen LogP contribution is -2.43. The molecule has 0 aliphatic carbocycles. The van der Waals surface area contributed by atoms with Crippen LogP contribution < -0.4 is 4.90 Å². The van der Waals surface area contributed by atoms with E-state index in [2.05, 4.69) is 29.4 Å². The van der Waals surface area contributed by atoms with E-state index in [0.717, 1.165) is 42.8 Å². The average molecular weight is 549 g/mol. The minimum absolute atomic E-state index is 0.0305. The van der Waals surface area contributed by atoms with E-state index in [9.17, 15) is 14.7 Å². The number of anilines is 1. The van der Waals surface area contributed by atoms with Crippen LogP contribution in [0.15, 0.2) is 60.8 Å². The topological polar surface area (TPSA) is 101 Å². The van der Waals surface area contributed by atoms with Crippen molar-refractivity contribution >= 4 is 19.9 Å². The van der Waals surface area contributed by atoms with Crippen molar-refractivity contribution in [2.45, 2.75) is 75.9 Å². The Kier molecular flexibility index (Phi) is 8.32. The molecule has 0 radical (unpaired) electrons. The Bertz CT molecular complexity index is 1260. The number of rotatable bonds is 11. The summed E-state index contributed by atoms with van der Waals surface area (Å²) in [5, 5.41) is 18.7. The number of aryl methyl sites for hydroxylation is 2. The largest absolute Gasteiger partial charge is 0.432 e. The second-order valence-electron chi connectivity index (χ2n) is 11.6. The number of aromatic nitrogens is 3. The molecule has 0 saturated carbocycles. The lowest BCUT2D eigenvalue weighted by Gasteiger charge is -2.31. The quantitative estimate of drug-likeness (QED) is 0.276. The van der Waals surface area contributed by atoms with Gasteiger partial charge in [-0.3, -0.25) is 9.48 Å². The zero-order chi connectivity index (χ0) is 27.6. The predicted octanol–water partition coefficient (Wildman–Crippen LogP) is 4.13. The van der Waals surface area contributed by atoms with Crippen molar-refractivity contribution in [2.24, 2.45) is 5.92 Å². The minimum atomic E-state index is -2.48. The molecule has 0 spiro atoms. The summed E-state index contributed by atoms with van der Waals surface area (Å²) in [6.07, 6.45) is 5.05. The van der Waals surface area contributed by atoms with Gasteiger partial charge in [-0.1, -0.05) is 54.6 Å². The van der Waals surface area contributed by atoms with Crippen LogP contribution in [0.3, 0.4) is 0 Å². The third-order valence-electron chi connectivity index (χ3n) is 8.45. The van der Waals surface area contributed by atoms with Crippen LogP contribution in [0.4, 0.5) is 5.69 Å². The molecule has 2 saturated heterocycles. The van der Waals surface area contributed by atoms with Gasteiger partial charge in [0.1, 0.15) is 0 Å². The maximum Gasteiger partial charge on any atom is 0.228 e. The summed E-state index contributed by atoms with van der Waals surface area (Å²) in [5.41, 5.74) is 4.07. The zero-order valence-electron chi connectivity index (χ0n) is 23.1. The van der Waals surface area contributed by atoms with E-state index in [0.29, 0.717) is 13.0 Å². The molecule has 2 aliphatic heterocycles. The summed E-state index contributed by atoms with van der Waals surface area (Å²) >= 11 is 0. The summed E-state index contributed by atoms with van der Waals surface area (Å²) < 4.78 is 8.46. The molecular weight excluding hydrogens is 508 g/mol. The first kappa shape index (κ1) is 27.7. The lowest BCUT2D eigenvalue weighted by atomic mass is 9.95. The maximum absolute atomic E-state index is 11.9. The van der Waals surface area contributed by atoms with E-state index in [1.165, 1.54) is 5.56 Å². The van der Waals surface area contributed by atoms with Crippen molar-refractivity contribution < 1.29 is 19.4 Å². The van der Waals surface area contributed by atoms with Crippen molar-refractivity contribution in [3.8, 4) is 0 Å². The number of aliphatic hydroxyl groups is 1. The van der Waals surface area contributed by atoms with Gasteiger partial charge in [0.15, 0.2) is 8.32 Å². The number of β-lactam (4-membered cyclic amide) rings is 1. The van der Waals surface area contributed by atoms with Crippen molar-refractivity contribution in [3.63, 3.8) is 0 Å². The Hall–Kier alpha value is -2.85. The number of benzene rings is 2. The van der Waals surface area contributed by atoms with E-state index in [4.69, 9.17) is 4.74 Å². The molecule has 1 unspecified atom stereocenters. The second-order valence-corrected chi connectivity index (χ2v) is 15.6. The van der Waals surface area contributed by atoms with Gasteiger partial charge in [-0.2, -0.15) is 0 Å². The van der Waals surface area contributed by atoms with Crippen molar-refractivity contribution in [1.82, 2.24) is 15.0 Å². The normalized spacial score (nSPS) is 24.1. The maximum atomic E-state index is 11.9. The minimum Gasteiger partial charge on any atom is -0.432 e. The molecule has 208 valence electrons. The third kappa shape index (κ3) is 6.16. The summed E-state index contributed by atoms with van der Waals surface area (Å²) in [6, 6.07) is 18.1. The molecule has 0 bridgehead atoms. The van der Waals surface area contributed by atoms with Crippen molar-refractivity contribution in [3.05, 3.63) is 77.6 Å². The Morgan fingerprint density at radius 1 is 1.10 bits per heavy atom. The third-order valence-corrected chi connectivity index (χ3v) is 11.0. The number of nitrogens with zero attached hydrogens (tertiary/aromatic N) is 4. The molecule has 8 nitrogen and oxygen atoms in total. The smallest absolute Gasteiger partial charge is 0.228 e. The number of aliphatic hydroxyl groups excluding tert-OH is 1. The average Bonchev–Trinajstić information content (AvgIpc) is 3.50. The van der Waals surface area contributed by atoms with E-state index in [1.54, 1.807) is 0 Å². The fourth-order valence-electron chi connectivity index (χ4n) is 6.35. The van der Waals surface area contributed by atoms with Crippen LogP contribution in [0.25, 0.3) is 0 Å². The van der Waals surface area contributed by atoms with Crippen LogP contribution in [0.2, 0.25) is 18.6 Å². The van der Waals surface area contributed by atoms with Crippen LogP contribution in [-0.2, 0) is 22.5 Å². The van der Waals surface area contributed by atoms with Crippen LogP contribution in [0.5, 0.6) is 0 Å². The second kappa shape index (κ2) is 11.7. The highest BCUT2D eigenvalue weighted by atomic mass is 28.4. The molecule has 1 amide bonds. The Labute approximate surface area is 231 Å². The fraction of sp³-hybridized carbons (Fsp3) is 0.500. The van der Waals surface area contributed by atoms with E-state index < -0.39 is 8.32 Å². The number of carbonyl (C=O) groups excluding carboxylic acids is 1. The van der Waals surface area contributed by atoms with Crippen molar-refractivity contribution in [1.29, 1.82) is 0 Å². The molecule has 5 atom stereocenters. The van der Waals surface area contributed by atoms with Crippen molar-refractivity contribution in [2.75, 3.05) is 18.1 Å². The Morgan fingerprint density at radius 3 is 2.56 bits per heavy atom. The molecule has 2 N–H and O–H groups in total. The number of ether oxygens (including phenoxy) is 1. The van der Waals surface area contributed by atoms with Gasteiger partial charge in [-0.25, -0.2) is 0 Å². The van der Waals surface area contributed by atoms with E-state index in [-0.39, 0.29) is 42.1 Å². The first-order chi connectivity index (χ1) is 18.7. The van der Waals surface area contributed by atoms with Gasteiger partial charge in [0, 0.05) is 36.9 Å². The predicted molar refractivity (Wildman–Crippen MR) is 153 cm³/mol. The highest BCUT2D eigenvalue weighted by Crippen LogP contribution is 2.45. The SMILES string of the molecule is C[C@@H]1[C@@H]([Si](C)(C)O)[C@H](CCn2cc(C(CO)c3ccccc3)nn2)O[C@@H]1CCc1cccc(N2CCC2=O)c1. The van der Waals surface area contributed by atoms with Crippen LogP contribution >= 0.6 is 0 Å². The van der Waals surface area contributed by atoms with E-state index >= 15 is 0 Å². The van der Waals surface area contributed by atoms with Gasteiger partial charge >= 0.3 is 0 Å². The molecule has 2 aliphatic rings. The molecule has 1 aromatic heterocycles. The first-order valence-corrected chi connectivity index (χ1v) is 17.1. The number of amides is 1. The lowest BCUT2D eigenvalue weighted by molar-refractivity contribution is -0.122. The highest BCUT2D eigenvalue weighted by Gasteiger charge is 2.49. The van der Waals surface area contributed by atoms with Gasteiger partial charge in [-0.05, 0) is 61.5 Å². The van der Waals surface area contributed by atoms with Crippen LogP contribution in [0.1, 0.15) is 48.9 Å². The first-order valence-electron chi connectivity index (χ1n) is 14.1. The highest BCUT2D eigenvalue weighted by molar-refractivity contribution is 6.71. The molecular formula is C30H40N4O4Si. The number of carbonyl (C=O) groups is 1. The summed E-state index contributed by atoms with van der Waals surface area (Å²) in [4.78, 5) is 24.9. The van der Waals surface area contributed by atoms with Crippen LogP contribution in [-0.4, -0.2) is 64.5 Å². The summed E-state index contributed by atoms with van der Waals surface area (Å²) in [6.45, 7) is 7.65. The Morgan fingerprint density at radius 2 is 1.90 bits per heavy atom. The zero-order valence-corrected chi connectivity index (χ0v) is 24.1. The molecule has 5 rings (SSSR count). The summed E-state index contributed by atoms with van der Waals surface area (Å²) in [7, 11) is -2.48. The monoisotopic (exact) mass is 548 g/mol. The van der Waals surface area contributed by atoms with E-state index in [1.807, 2.05) is 71.3 Å². The summed E-state index contributed by atoms with van der Waals surface area (Å²) in [5.74, 6) is 0.235. The van der Waals surface area contributed by atoms with Gasteiger partial charge in [0.2, 0.25) is 5.91 Å². The van der Waals surface area contributed by atoms with Gasteiger partial charge in [0.25, 0.3) is 0 Å². The number of hydrogen-bond donors (Lipinski definition) is 2. The fourth-order valence-corrected chi connectivity index (χ4v) is 9.01. The molecule has 3 heterocycles. The standard InChI is InChI=1S/C30H40N4O4Si/c1-21-27(13-12-22-8-7-11-24(18-22)34-17-15-29(34)36)38-28(30(21)39(2,3)37)14-16-33-19-26(31-32-33)25(20-35)23-9-5-4-6-10-23/h4-11,18-19,21,25,27-28,30,35,37H,12-17,20H2,1-3H3/t21-,25?,27+,28-,30+/m0/s1. The van der Waals surface area contributed by atoms with Crippen LogP contribution in [0, 0.1) is 5.92 Å². The number of hydrogen-bond acceptors (Lipinski definition) is 6. The van der Waals surface area contributed by atoms with Gasteiger partial charge in [-0.15, -0.1) is 5.10 Å². The molecule has 9 heteroatoms. The van der Waals surface area contributed by atoms with Gasteiger partial charge in [0.05, 0.1) is 30.4 Å². The molecule has 3 aromatic rings. The molecule has 2 aromatic carbocycles. The van der Waals surface area contributed by atoms with Gasteiger partial charge < -0.3 is 19.5 Å². The Balaban J connectivity index is 1.22.